The number of phenols is 1. The van der Waals surface area contributed by atoms with Gasteiger partial charge in [-0.25, -0.2) is 0 Å². The summed E-state index contributed by atoms with van der Waals surface area (Å²) in [7, 11) is 0. The van der Waals surface area contributed by atoms with E-state index >= 15 is 0 Å². The van der Waals surface area contributed by atoms with Crippen molar-refractivity contribution in [2.24, 2.45) is 0 Å². The molecular formula is C20H18O. The molecule has 0 atom stereocenters. The smallest absolute Gasteiger partial charge is 0.131 e. The second kappa shape index (κ2) is 5.45. The van der Waals surface area contributed by atoms with Crippen LogP contribution in [0, 0.1) is 13.8 Å². The average molecular weight is 274 g/mol. The Labute approximate surface area is 125 Å². The van der Waals surface area contributed by atoms with Gasteiger partial charge in [0.2, 0.25) is 0 Å². The van der Waals surface area contributed by atoms with Gasteiger partial charge in [0.05, 0.1) is 0 Å². The van der Waals surface area contributed by atoms with Crippen molar-refractivity contribution < 1.29 is 5.11 Å². The summed E-state index contributed by atoms with van der Waals surface area (Å²) in [5.74, 6) is 0.338. The second-order valence-electron chi connectivity index (χ2n) is 5.43. The molecular weight excluding hydrogens is 256 g/mol. The van der Waals surface area contributed by atoms with Crippen molar-refractivity contribution in [1.82, 2.24) is 0 Å². The fourth-order valence-electron chi connectivity index (χ4n) is 2.48. The molecule has 0 spiro atoms. The molecule has 3 aromatic carbocycles. The molecule has 1 nitrogen and oxygen atoms in total. The van der Waals surface area contributed by atoms with Gasteiger partial charge in [0.25, 0.3) is 0 Å². The Bertz CT molecular complexity index is 689. The van der Waals surface area contributed by atoms with Crippen LogP contribution in [0.3, 0.4) is 0 Å². The molecule has 0 amide bonds. The molecule has 0 aromatic heterocycles. The molecule has 0 saturated heterocycles. The zero-order valence-electron chi connectivity index (χ0n) is 12.3. The monoisotopic (exact) mass is 274 g/mol. The van der Waals surface area contributed by atoms with E-state index in [9.17, 15) is 5.11 Å². The number of rotatable bonds is 2. The molecule has 0 radical (unpaired) electrons. The fraction of sp³-hybridized carbons (Fsp3) is 0.100. The first-order chi connectivity index (χ1) is 10.1. The topological polar surface area (TPSA) is 20.2 Å². The van der Waals surface area contributed by atoms with Gasteiger partial charge < -0.3 is 5.11 Å². The highest BCUT2D eigenvalue weighted by atomic mass is 16.3. The van der Waals surface area contributed by atoms with E-state index in [1.807, 2.05) is 42.5 Å². The maximum Gasteiger partial charge on any atom is 0.131 e. The minimum absolute atomic E-state index is 0.338. The van der Waals surface area contributed by atoms with Gasteiger partial charge in [0, 0.05) is 11.1 Å². The number of hydrogen-bond donors (Lipinski definition) is 1. The Kier molecular flexibility index (Phi) is 3.49. The summed E-state index contributed by atoms with van der Waals surface area (Å²) in [6.07, 6.45) is 0. The first-order valence-electron chi connectivity index (χ1n) is 7.11. The Morgan fingerprint density at radius 1 is 0.571 bits per heavy atom. The molecule has 0 unspecified atom stereocenters. The number of hydrogen-bond acceptors (Lipinski definition) is 1. The number of phenolic OH excluding ortho intramolecular Hbond substituents is 1. The van der Waals surface area contributed by atoms with Crippen molar-refractivity contribution in [3.05, 3.63) is 77.9 Å². The standard InChI is InChI=1S/C20H18O/c1-14-6-10-16(11-7-14)18-4-3-5-19(20(18)21)17-12-8-15(2)9-13-17/h3-13,21H,1-2H3. The van der Waals surface area contributed by atoms with Gasteiger partial charge in [-0.3, -0.25) is 0 Å². The van der Waals surface area contributed by atoms with Gasteiger partial charge in [-0.05, 0) is 25.0 Å². The SMILES string of the molecule is Cc1ccc(-c2cccc(-c3ccc(C)cc3)c2O)cc1. The molecule has 0 heterocycles. The van der Waals surface area contributed by atoms with Gasteiger partial charge in [-0.2, -0.15) is 0 Å². The van der Waals surface area contributed by atoms with E-state index in [0.717, 1.165) is 22.3 Å². The molecule has 3 aromatic rings. The first kappa shape index (κ1) is 13.4. The van der Waals surface area contributed by atoms with Gasteiger partial charge in [-0.15, -0.1) is 0 Å². The Hall–Kier alpha value is -2.54. The summed E-state index contributed by atoms with van der Waals surface area (Å²) in [5, 5.41) is 10.6. The van der Waals surface area contributed by atoms with Crippen molar-refractivity contribution in [2.75, 3.05) is 0 Å². The zero-order valence-corrected chi connectivity index (χ0v) is 12.3. The lowest BCUT2D eigenvalue weighted by molar-refractivity contribution is 0.479. The highest BCUT2D eigenvalue weighted by molar-refractivity contribution is 5.82. The van der Waals surface area contributed by atoms with Crippen LogP contribution in [0.5, 0.6) is 5.75 Å². The lowest BCUT2D eigenvalue weighted by atomic mass is 9.96. The van der Waals surface area contributed by atoms with E-state index in [1.54, 1.807) is 0 Å². The van der Waals surface area contributed by atoms with Crippen molar-refractivity contribution in [2.45, 2.75) is 13.8 Å². The van der Waals surface area contributed by atoms with E-state index in [0.29, 0.717) is 5.75 Å². The molecule has 0 bridgehead atoms. The zero-order chi connectivity index (χ0) is 14.8. The lowest BCUT2D eigenvalue weighted by Crippen LogP contribution is -1.85. The summed E-state index contributed by atoms with van der Waals surface area (Å²) in [6.45, 7) is 4.12. The van der Waals surface area contributed by atoms with Crippen molar-refractivity contribution in [3.8, 4) is 28.0 Å². The van der Waals surface area contributed by atoms with Gasteiger partial charge >= 0.3 is 0 Å². The Morgan fingerprint density at radius 3 is 1.33 bits per heavy atom. The number of benzene rings is 3. The average Bonchev–Trinajstić information content (AvgIpc) is 2.50. The molecule has 1 N–H and O–H groups in total. The van der Waals surface area contributed by atoms with E-state index < -0.39 is 0 Å². The van der Waals surface area contributed by atoms with Crippen molar-refractivity contribution in [1.29, 1.82) is 0 Å². The molecule has 21 heavy (non-hydrogen) atoms. The third kappa shape index (κ3) is 2.68. The van der Waals surface area contributed by atoms with Gasteiger partial charge in [-0.1, -0.05) is 77.9 Å². The van der Waals surface area contributed by atoms with Crippen LogP contribution >= 0.6 is 0 Å². The van der Waals surface area contributed by atoms with E-state index in [-0.39, 0.29) is 0 Å². The summed E-state index contributed by atoms with van der Waals surface area (Å²) < 4.78 is 0. The highest BCUT2D eigenvalue weighted by Crippen LogP contribution is 2.37. The van der Waals surface area contributed by atoms with Gasteiger partial charge in [0.15, 0.2) is 0 Å². The van der Waals surface area contributed by atoms with Crippen LogP contribution in [0.15, 0.2) is 66.7 Å². The maximum atomic E-state index is 10.6. The quantitative estimate of drug-likeness (QED) is 0.668. The lowest BCUT2D eigenvalue weighted by Gasteiger charge is -2.11. The highest BCUT2D eigenvalue weighted by Gasteiger charge is 2.10. The minimum Gasteiger partial charge on any atom is -0.507 e. The largest absolute Gasteiger partial charge is 0.507 e. The van der Waals surface area contributed by atoms with E-state index in [2.05, 4.69) is 38.1 Å². The third-order valence-corrected chi connectivity index (χ3v) is 3.76. The van der Waals surface area contributed by atoms with Crippen LogP contribution in [-0.4, -0.2) is 5.11 Å². The van der Waals surface area contributed by atoms with E-state index in [1.165, 1.54) is 11.1 Å². The number of aryl methyl sites for hydroxylation is 2. The summed E-state index contributed by atoms with van der Waals surface area (Å²) in [4.78, 5) is 0. The molecule has 104 valence electrons. The third-order valence-electron chi connectivity index (χ3n) is 3.76. The maximum absolute atomic E-state index is 10.6. The molecule has 1 heteroatoms. The minimum atomic E-state index is 0.338. The molecule has 0 aliphatic rings. The van der Waals surface area contributed by atoms with E-state index in [4.69, 9.17) is 0 Å². The second-order valence-corrected chi connectivity index (χ2v) is 5.43. The van der Waals surface area contributed by atoms with Crippen molar-refractivity contribution >= 4 is 0 Å². The van der Waals surface area contributed by atoms with Crippen LogP contribution in [0.1, 0.15) is 11.1 Å². The molecule has 0 aliphatic carbocycles. The van der Waals surface area contributed by atoms with Gasteiger partial charge in [0.1, 0.15) is 5.75 Å². The first-order valence-corrected chi connectivity index (χ1v) is 7.11. The molecule has 0 fully saturated rings. The fourth-order valence-corrected chi connectivity index (χ4v) is 2.48. The summed E-state index contributed by atoms with van der Waals surface area (Å²) >= 11 is 0. The molecule has 0 aliphatic heterocycles. The normalized spacial score (nSPS) is 10.6. The van der Waals surface area contributed by atoms with Crippen LogP contribution < -0.4 is 0 Å². The summed E-state index contributed by atoms with van der Waals surface area (Å²) in [5.41, 5.74) is 6.24. The molecule has 0 saturated carbocycles. The predicted molar refractivity (Wildman–Crippen MR) is 88.5 cm³/mol. The Morgan fingerprint density at radius 2 is 0.952 bits per heavy atom. The number of para-hydroxylation sites is 1. The molecule has 3 rings (SSSR count). The van der Waals surface area contributed by atoms with Crippen LogP contribution in [0.4, 0.5) is 0 Å². The number of aromatic hydroxyl groups is 1. The Balaban J connectivity index is 2.10. The van der Waals surface area contributed by atoms with Crippen LogP contribution in [0.2, 0.25) is 0 Å². The van der Waals surface area contributed by atoms with Crippen LogP contribution in [-0.2, 0) is 0 Å². The van der Waals surface area contributed by atoms with Crippen molar-refractivity contribution in [3.63, 3.8) is 0 Å². The van der Waals surface area contributed by atoms with Crippen LogP contribution in [0.25, 0.3) is 22.3 Å². The summed E-state index contributed by atoms with van der Waals surface area (Å²) in [6, 6.07) is 22.3. The predicted octanol–water partition coefficient (Wildman–Crippen LogP) is 5.34.